The van der Waals surface area contributed by atoms with Gasteiger partial charge in [0, 0.05) is 25.7 Å². The zero-order valence-corrected chi connectivity index (χ0v) is 17.8. The lowest BCUT2D eigenvalue weighted by atomic mass is 9.95. The average molecular weight is 420 g/mol. The highest BCUT2D eigenvalue weighted by Crippen LogP contribution is 2.28. The quantitative estimate of drug-likeness (QED) is 0.774. The molecule has 2 aromatic rings. The van der Waals surface area contributed by atoms with Crippen LogP contribution in [0, 0.1) is 0 Å². The fourth-order valence-corrected chi connectivity index (χ4v) is 5.41. The van der Waals surface area contributed by atoms with E-state index in [1.807, 2.05) is 6.92 Å². The molecule has 29 heavy (non-hydrogen) atoms. The van der Waals surface area contributed by atoms with Crippen LogP contribution in [0.1, 0.15) is 58.3 Å². The van der Waals surface area contributed by atoms with Gasteiger partial charge in [0.1, 0.15) is 11.2 Å². The molecule has 1 saturated carbocycles. The molecule has 2 aliphatic rings. The van der Waals surface area contributed by atoms with Crippen molar-refractivity contribution in [2.75, 3.05) is 18.0 Å². The smallest absolute Gasteiger partial charge is 0.333 e. The molecule has 2 fully saturated rings. The van der Waals surface area contributed by atoms with Gasteiger partial charge in [0.25, 0.3) is 5.56 Å². The van der Waals surface area contributed by atoms with Crippen LogP contribution in [0.15, 0.2) is 9.59 Å². The summed E-state index contributed by atoms with van der Waals surface area (Å²) < 4.78 is 3.11. The Morgan fingerprint density at radius 2 is 1.83 bits per heavy atom. The van der Waals surface area contributed by atoms with Gasteiger partial charge in [-0.3, -0.25) is 18.7 Å². The van der Waals surface area contributed by atoms with Gasteiger partial charge >= 0.3 is 5.69 Å². The molecule has 1 N–H and O–H groups in total. The van der Waals surface area contributed by atoms with Crippen molar-refractivity contribution in [3.05, 3.63) is 20.8 Å². The second kappa shape index (κ2) is 8.69. The van der Waals surface area contributed by atoms with Gasteiger partial charge in [0.15, 0.2) is 10.8 Å². The van der Waals surface area contributed by atoms with E-state index in [1.54, 1.807) is 0 Å². The maximum Gasteiger partial charge on any atom is 0.333 e. The minimum absolute atomic E-state index is 0.0982. The van der Waals surface area contributed by atoms with Crippen LogP contribution in [0.2, 0.25) is 0 Å². The van der Waals surface area contributed by atoms with Crippen molar-refractivity contribution in [3.63, 3.8) is 0 Å². The van der Waals surface area contributed by atoms with E-state index in [9.17, 15) is 14.4 Å². The summed E-state index contributed by atoms with van der Waals surface area (Å²) in [7, 11) is 0. The van der Waals surface area contributed by atoms with Gasteiger partial charge in [-0.1, -0.05) is 37.5 Å². The first-order valence-electron chi connectivity index (χ1n) is 10.8. The topological polar surface area (TPSA) is 89.2 Å². The Morgan fingerprint density at radius 3 is 2.52 bits per heavy atom. The maximum absolute atomic E-state index is 13.0. The fraction of sp³-hybridized carbons (Fsp3) is 0.700. The third kappa shape index (κ3) is 4.10. The third-order valence-corrected chi connectivity index (χ3v) is 6.94. The van der Waals surface area contributed by atoms with Gasteiger partial charge in [0.2, 0.25) is 5.91 Å². The number of anilines is 1. The van der Waals surface area contributed by atoms with E-state index in [2.05, 4.69) is 15.2 Å². The molecule has 4 rings (SSSR count). The fourth-order valence-electron chi connectivity index (χ4n) is 4.34. The molecular formula is C20H29N5O3S. The van der Waals surface area contributed by atoms with Crippen molar-refractivity contribution < 1.29 is 4.79 Å². The minimum Gasteiger partial charge on any atom is -0.352 e. The number of thiazole rings is 1. The van der Waals surface area contributed by atoms with Crippen molar-refractivity contribution in [3.8, 4) is 0 Å². The van der Waals surface area contributed by atoms with Crippen LogP contribution in [0.25, 0.3) is 10.3 Å². The van der Waals surface area contributed by atoms with Gasteiger partial charge in [-0.05, 0) is 32.1 Å². The van der Waals surface area contributed by atoms with Gasteiger partial charge in [-0.25, -0.2) is 9.78 Å². The first kappa shape index (κ1) is 20.1. The number of amides is 1. The molecule has 0 spiro atoms. The summed E-state index contributed by atoms with van der Waals surface area (Å²) in [6, 6.07) is 0.180. The zero-order valence-electron chi connectivity index (χ0n) is 17.0. The molecule has 0 unspecified atom stereocenters. The lowest BCUT2D eigenvalue weighted by Gasteiger charge is -2.23. The summed E-state index contributed by atoms with van der Waals surface area (Å²) in [6.45, 7) is 4.00. The number of rotatable bonds is 6. The van der Waals surface area contributed by atoms with E-state index >= 15 is 0 Å². The van der Waals surface area contributed by atoms with Crippen molar-refractivity contribution in [1.82, 2.24) is 19.4 Å². The molecule has 9 heteroatoms. The number of hydrogen-bond acceptors (Lipinski definition) is 6. The number of nitrogens with one attached hydrogen (secondary N) is 1. The number of hydrogen-bond donors (Lipinski definition) is 1. The molecule has 2 aromatic heterocycles. The van der Waals surface area contributed by atoms with Gasteiger partial charge in [0.05, 0.1) is 0 Å². The number of aromatic nitrogens is 3. The lowest BCUT2D eigenvalue weighted by Crippen LogP contribution is -2.44. The lowest BCUT2D eigenvalue weighted by molar-refractivity contribution is -0.122. The SMILES string of the molecule is CCCn1c(=O)c2sc(N3CCCC3)nc2n(CC(=O)NC2CCCCC2)c1=O. The summed E-state index contributed by atoms with van der Waals surface area (Å²) in [4.78, 5) is 45.5. The van der Waals surface area contributed by atoms with Crippen LogP contribution in [0.4, 0.5) is 5.13 Å². The predicted molar refractivity (Wildman–Crippen MR) is 115 cm³/mol. The normalized spacial score (nSPS) is 17.9. The molecule has 1 aliphatic carbocycles. The van der Waals surface area contributed by atoms with E-state index in [1.165, 1.54) is 26.9 Å². The molecule has 0 aromatic carbocycles. The third-order valence-electron chi connectivity index (χ3n) is 5.85. The molecule has 0 atom stereocenters. The van der Waals surface area contributed by atoms with Crippen LogP contribution in [0.3, 0.4) is 0 Å². The van der Waals surface area contributed by atoms with Gasteiger partial charge in [-0.15, -0.1) is 0 Å². The van der Waals surface area contributed by atoms with Crippen molar-refractivity contribution in [1.29, 1.82) is 0 Å². The number of carbonyl (C=O) groups is 1. The van der Waals surface area contributed by atoms with E-state index in [4.69, 9.17) is 0 Å². The zero-order chi connectivity index (χ0) is 20.4. The highest BCUT2D eigenvalue weighted by atomic mass is 32.1. The highest BCUT2D eigenvalue weighted by Gasteiger charge is 2.23. The molecule has 158 valence electrons. The Bertz CT molecular complexity index is 996. The van der Waals surface area contributed by atoms with Crippen LogP contribution < -0.4 is 21.5 Å². The van der Waals surface area contributed by atoms with Crippen LogP contribution in [-0.2, 0) is 17.9 Å². The standard InChI is InChI=1S/C20H29N5O3S/c1-2-10-24-18(27)16-17(22-19(29-16)23-11-6-7-12-23)25(20(24)28)13-15(26)21-14-8-4-3-5-9-14/h14H,2-13H2,1H3,(H,21,26). The first-order valence-corrected chi connectivity index (χ1v) is 11.6. The average Bonchev–Trinajstić information content (AvgIpc) is 3.39. The minimum atomic E-state index is -0.443. The number of carbonyl (C=O) groups excluding carboxylic acids is 1. The summed E-state index contributed by atoms with van der Waals surface area (Å²) in [5.74, 6) is -0.183. The number of nitrogens with zero attached hydrogens (tertiary/aromatic N) is 4. The Kier molecular flexibility index (Phi) is 6.03. The molecular weight excluding hydrogens is 390 g/mol. The van der Waals surface area contributed by atoms with Crippen molar-refractivity contribution >= 4 is 32.7 Å². The maximum atomic E-state index is 13.0. The van der Waals surface area contributed by atoms with Crippen LogP contribution in [-0.4, -0.2) is 39.2 Å². The second-order valence-corrected chi connectivity index (χ2v) is 9.05. The molecule has 8 nitrogen and oxygen atoms in total. The Hall–Kier alpha value is -2.16. The predicted octanol–water partition coefficient (Wildman–Crippen LogP) is 2.08. The highest BCUT2D eigenvalue weighted by molar-refractivity contribution is 7.22. The summed E-state index contributed by atoms with van der Waals surface area (Å²) in [6.07, 6.45) is 8.32. The van der Waals surface area contributed by atoms with Gasteiger partial charge < -0.3 is 10.2 Å². The molecule has 3 heterocycles. The summed E-state index contributed by atoms with van der Waals surface area (Å²) in [5, 5.41) is 3.83. The van der Waals surface area contributed by atoms with Crippen LogP contribution in [0.5, 0.6) is 0 Å². The Labute approximate surface area is 173 Å². The molecule has 0 radical (unpaired) electrons. The van der Waals surface area contributed by atoms with E-state index in [0.717, 1.165) is 56.7 Å². The molecule has 0 bridgehead atoms. The second-order valence-electron chi connectivity index (χ2n) is 8.07. The van der Waals surface area contributed by atoms with E-state index < -0.39 is 5.69 Å². The van der Waals surface area contributed by atoms with E-state index in [-0.39, 0.29) is 24.1 Å². The molecule has 1 amide bonds. The Morgan fingerprint density at radius 1 is 1.10 bits per heavy atom. The van der Waals surface area contributed by atoms with Crippen molar-refractivity contribution in [2.24, 2.45) is 0 Å². The van der Waals surface area contributed by atoms with Crippen LogP contribution >= 0.6 is 11.3 Å². The van der Waals surface area contributed by atoms with Gasteiger partial charge in [-0.2, -0.15) is 0 Å². The Balaban J connectivity index is 1.70. The molecule has 1 saturated heterocycles. The van der Waals surface area contributed by atoms with Crippen molar-refractivity contribution in [2.45, 2.75) is 77.4 Å². The number of fused-ring (bicyclic) bond motifs is 1. The largest absolute Gasteiger partial charge is 0.352 e. The van der Waals surface area contributed by atoms with E-state index in [0.29, 0.717) is 23.3 Å². The summed E-state index contributed by atoms with van der Waals surface area (Å²) in [5.41, 5.74) is -0.391. The first-order chi connectivity index (χ1) is 14.1. The summed E-state index contributed by atoms with van der Waals surface area (Å²) >= 11 is 1.34. The monoisotopic (exact) mass is 419 g/mol. The molecule has 1 aliphatic heterocycles.